The number of piperidine rings is 1. The number of fused-ring (bicyclic) bond motifs is 6. The van der Waals surface area contributed by atoms with E-state index in [4.69, 9.17) is 11.6 Å². The standard InChI is InChI=1S/C29H30ClN9O2/c1-38-9-8-25(37-38)28(41)39-10-6-18(7-11-39)13-26(40)35-24-5-4-21-14-20(24)3-2-19-12-22(16-31-15-19)34-29-32-17-23(30)27(33-21)36-29/h4-5,8-9,12,14-18H,2-3,6-7,10-11,13H2,1H3,(H,35,40)(H2,32,33,34,36). The fraction of sp³-hybridized carbons (Fsp3) is 0.310. The van der Waals surface area contributed by atoms with E-state index in [-0.39, 0.29) is 17.7 Å². The van der Waals surface area contributed by atoms with Gasteiger partial charge in [-0.05, 0) is 73.1 Å². The van der Waals surface area contributed by atoms with Crippen molar-refractivity contribution in [3.05, 3.63) is 77.0 Å². The third-order valence-corrected chi connectivity index (χ3v) is 7.71. The average Bonchev–Trinajstić information content (AvgIpc) is 3.41. The lowest BCUT2D eigenvalue weighted by molar-refractivity contribution is -0.117. The van der Waals surface area contributed by atoms with Crippen molar-refractivity contribution in [3.63, 3.8) is 0 Å². The number of aromatic nitrogens is 5. The van der Waals surface area contributed by atoms with Gasteiger partial charge < -0.3 is 20.9 Å². The second-order valence-electron chi connectivity index (χ2n) is 10.5. The fourth-order valence-electron chi connectivity index (χ4n) is 5.25. The Kier molecular flexibility index (Phi) is 7.51. The predicted octanol–water partition coefficient (Wildman–Crippen LogP) is 4.73. The SMILES string of the molecule is Cn1ccc(C(=O)N2CCC(CC(=O)Nc3ccc4cc3CCc3cncc(c3)Nc3ncc(Cl)c(n3)N4)CC2)n1. The summed E-state index contributed by atoms with van der Waals surface area (Å²) in [6, 6.07) is 9.57. The van der Waals surface area contributed by atoms with Crippen LogP contribution in [0.4, 0.5) is 28.8 Å². The highest BCUT2D eigenvalue weighted by Crippen LogP contribution is 2.30. The highest BCUT2D eigenvalue weighted by molar-refractivity contribution is 6.32. The van der Waals surface area contributed by atoms with Crippen molar-refractivity contribution in [1.82, 2.24) is 29.6 Å². The van der Waals surface area contributed by atoms with Gasteiger partial charge in [-0.15, -0.1) is 0 Å². The van der Waals surface area contributed by atoms with E-state index in [9.17, 15) is 9.59 Å². The number of amides is 2. The number of rotatable bonds is 4. The molecule has 41 heavy (non-hydrogen) atoms. The molecule has 210 valence electrons. The van der Waals surface area contributed by atoms with Gasteiger partial charge in [0.25, 0.3) is 5.91 Å². The number of carbonyl (C=O) groups excluding carboxylic acids is 2. The van der Waals surface area contributed by atoms with Crippen LogP contribution in [-0.2, 0) is 24.7 Å². The number of hydrogen-bond acceptors (Lipinski definition) is 8. The third-order valence-electron chi connectivity index (χ3n) is 7.43. The van der Waals surface area contributed by atoms with E-state index in [0.29, 0.717) is 48.4 Å². The molecule has 1 saturated heterocycles. The minimum atomic E-state index is -0.0572. The number of nitrogens with one attached hydrogen (secondary N) is 3. The van der Waals surface area contributed by atoms with Gasteiger partial charge >= 0.3 is 0 Å². The first-order valence-electron chi connectivity index (χ1n) is 13.6. The first-order valence-corrected chi connectivity index (χ1v) is 14.0. The molecule has 0 atom stereocenters. The van der Waals surface area contributed by atoms with E-state index in [2.05, 4.69) is 36.0 Å². The van der Waals surface area contributed by atoms with E-state index in [1.165, 1.54) is 0 Å². The number of hydrogen-bond donors (Lipinski definition) is 3. The molecule has 1 fully saturated rings. The zero-order chi connectivity index (χ0) is 28.3. The Labute approximate surface area is 242 Å². The maximum Gasteiger partial charge on any atom is 0.274 e. The number of anilines is 5. The van der Waals surface area contributed by atoms with Crippen LogP contribution in [0.15, 0.2) is 55.1 Å². The maximum atomic E-state index is 13.1. The van der Waals surface area contributed by atoms with Crippen molar-refractivity contribution < 1.29 is 9.59 Å². The Morgan fingerprint density at radius 2 is 1.90 bits per heavy atom. The van der Waals surface area contributed by atoms with Gasteiger partial charge in [-0.1, -0.05) is 11.6 Å². The number of likely N-dealkylation sites (tertiary alicyclic amines) is 1. The molecule has 0 unspecified atom stereocenters. The van der Waals surface area contributed by atoms with Crippen LogP contribution in [0.5, 0.6) is 0 Å². The molecule has 2 aliphatic heterocycles. The number of pyridine rings is 1. The lowest BCUT2D eigenvalue weighted by Crippen LogP contribution is -2.39. The van der Waals surface area contributed by atoms with Gasteiger partial charge in [0.15, 0.2) is 5.82 Å². The lowest BCUT2D eigenvalue weighted by Gasteiger charge is -2.31. The Balaban J connectivity index is 1.14. The molecule has 2 aliphatic rings. The second kappa shape index (κ2) is 11.5. The average molecular weight is 572 g/mol. The van der Waals surface area contributed by atoms with E-state index < -0.39 is 0 Å². The van der Waals surface area contributed by atoms with Crippen LogP contribution >= 0.6 is 11.6 Å². The first kappa shape index (κ1) is 26.7. The van der Waals surface area contributed by atoms with E-state index in [0.717, 1.165) is 47.5 Å². The Hall–Kier alpha value is -4.51. The summed E-state index contributed by atoms with van der Waals surface area (Å²) in [6.07, 6.45) is 10.3. The fourth-order valence-corrected chi connectivity index (χ4v) is 5.39. The number of halogens is 1. The lowest BCUT2D eigenvalue weighted by atomic mass is 9.93. The van der Waals surface area contributed by atoms with Gasteiger partial charge in [0.2, 0.25) is 11.9 Å². The van der Waals surface area contributed by atoms with Crippen LogP contribution in [0.2, 0.25) is 5.02 Å². The molecule has 5 heterocycles. The molecule has 1 aromatic carbocycles. The molecule has 0 radical (unpaired) electrons. The van der Waals surface area contributed by atoms with Gasteiger partial charge in [-0.2, -0.15) is 10.1 Å². The van der Waals surface area contributed by atoms with Crippen LogP contribution in [0.25, 0.3) is 0 Å². The number of aryl methyl sites for hydroxylation is 3. The molecule has 0 saturated carbocycles. The van der Waals surface area contributed by atoms with Gasteiger partial charge in [-0.25, -0.2) is 4.98 Å². The van der Waals surface area contributed by atoms with Crippen LogP contribution < -0.4 is 16.0 Å². The summed E-state index contributed by atoms with van der Waals surface area (Å²) in [7, 11) is 1.80. The van der Waals surface area contributed by atoms with Crippen LogP contribution in [0.3, 0.4) is 0 Å². The summed E-state index contributed by atoms with van der Waals surface area (Å²) >= 11 is 6.37. The summed E-state index contributed by atoms with van der Waals surface area (Å²) in [4.78, 5) is 40.8. The first-order chi connectivity index (χ1) is 19.9. The minimum absolute atomic E-state index is 0.0317. The zero-order valence-electron chi connectivity index (χ0n) is 22.6. The van der Waals surface area contributed by atoms with Crippen molar-refractivity contribution in [2.24, 2.45) is 13.0 Å². The summed E-state index contributed by atoms with van der Waals surface area (Å²) in [5.41, 5.74) is 4.85. The Morgan fingerprint density at radius 3 is 2.71 bits per heavy atom. The quantitative estimate of drug-likeness (QED) is 0.321. The molecule has 3 aromatic heterocycles. The van der Waals surface area contributed by atoms with E-state index in [1.807, 2.05) is 35.4 Å². The highest BCUT2D eigenvalue weighted by atomic mass is 35.5. The van der Waals surface area contributed by atoms with Crippen molar-refractivity contribution in [1.29, 1.82) is 0 Å². The highest BCUT2D eigenvalue weighted by Gasteiger charge is 2.26. The summed E-state index contributed by atoms with van der Waals surface area (Å²) in [6.45, 7) is 1.24. The number of benzene rings is 1. The molecule has 0 aliphatic carbocycles. The Morgan fingerprint density at radius 1 is 1.05 bits per heavy atom. The van der Waals surface area contributed by atoms with Gasteiger partial charge in [-0.3, -0.25) is 19.3 Å². The van der Waals surface area contributed by atoms with Crippen molar-refractivity contribution in [2.75, 3.05) is 29.0 Å². The summed E-state index contributed by atoms with van der Waals surface area (Å²) in [5.74, 6) is 1.01. The van der Waals surface area contributed by atoms with Crippen LogP contribution in [-0.4, -0.2) is 54.5 Å². The van der Waals surface area contributed by atoms with Crippen molar-refractivity contribution >= 4 is 52.2 Å². The molecule has 12 heteroatoms. The van der Waals surface area contributed by atoms with E-state index in [1.54, 1.807) is 36.4 Å². The molecule has 6 bridgehead atoms. The molecule has 11 nitrogen and oxygen atoms in total. The summed E-state index contributed by atoms with van der Waals surface area (Å²) in [5, 5.41) is 14.2. The normalized spacial score (nSPS) is 15.0. The Bertz CT molecular complexity index is 1600. The number of nitrogens with zero attached hydrogens (tertiary/aromatic N) is 6. The molecular formula is C29H30ClN9O2. The topological polar surface area (TPSA) is 130 Å². The second-order valence-corrected chi connectivity index (χ2v) is 10.9. The molecular weight excluding hydrogens is 542 g/mol. The predicted molar refractivity (Wildman–Crippen MR) is 157 cm³/mol. The minimum Gasteiger partial charge on any atom is -0.339 e. The third kappa shape index (κ3) is 6.30. The smallest absolute Gasteiger partial charge is 0.274 e. The van der Waals surface area contributed by atoms with Crippen molar-refractivity contribution in [3.8, 4) is 0 Å². The zero-order valence-corrected chi connectivity index (χ0v) is 23.4. The molecule has 2 amide bonds. The monoisotopic (exact) mass is 571 g/mol. The van der Waals surface area contributed by atoms with Crippen LogP contribution in [0, 0.1) is 5.92 Å². The van der Waals surface area contributed by atoms with Gasteiger partial charge in [0, 0.05) is 50.3 Å². The number of carbonyl (C=O) groups is 2. The van der Waals surface area contributed by atoms with Gasteiger partial charge in [0.1, 0.15) is 10.7 Å². The molecule has 0 spiro atoms. The summed E-state index contributed by atoms with van der Waals surface area (Å²) < 4.78 is 1.63. The van der Waals surface area contributed by atoms with Crippen molar-refractivity contribution in [2.45, 2.75) is 32.1 Å². The van der Waals surface area contributed by atoms with E-state index >= 15 is 0 Å². The van der Waals surface area contributed by atoms with Gasteiger partial charge in [0.05, 0.1) is 18.1 Å². The largest absolute Gasteiger partial charge is 0.339 e. The molecule has 4 aromatic rings. The maximum absolute atomic E-state index is 13.1. The molecule has 6 rings (SSSR count). The van der Waals surface area contributed by atoms with Crippen LogP contribution in [0.1, 0.15) is 40.9 Å². The molecule has 3 N–H and O–H groups in total.